The van der Waals surface area contributed by atoms with E-state index in [-0.39, 0.29) is 53.3 Å². The highest BCUT2D eigenvalue weighted by atomic mass is 35.5. The second-order valence-corrected chi connectivity index (χ2v) is 31.5. The molecule has 0 unspecified atom stereocenters. The first-order chi connectivity index (χ1) is 56.3. The van der Waals surface area contributed by atoms with E-state index in [4.69, 9.17) is 33.2 Å². The summed E-state index contributed by atoms with van der Waals surface area (Å²) in [4.78, 5) is 80.8. The number of fused-ring (bicyclic) bond motifs is 4. The highest BCUT2D eigenvalue weighted by Gasteiger charge is 2.46. The molecule has 0 spiro atoms. The monoisotopic (exact) mass is 1620 g/mol. The van der Waals surface area contributed by atoms with Crippen molar-refractivity contribution >= 4 is 62.1 Å². The fourth-order valence-corrected chi connectivity index (χ4v) is 16.9. The minimum atomic E-state index is -0.690. The summed E-state index contributed by atoms with van der Waals surface area (Å²) in [5, 5.41) is 35.7. The Morgan fingerprint density at radius 2 is 0.819 bits per heavy atom. The van der Waals surface area contributed by atoms with Gasteiger partial charge in [-0.3, -0.25) is 34.2 Å². The number of hydrogen-bond acceptors (Lipinski definition) is 17. The molecule has 10 aromatic rings. The molecule has 5 aromatic heterocycles. The van der Waals surface area contributed by atoms with Gasteiger partial charge in [0.2, 0.25) is 17.7 Å². The average Bonchev–Trinajstić information content (AvgIpc) is 1.43. The lowest BCUT2D eigenvalue weighted by Crippen LogP contribution is -2.62. The number of hydrogen-bond donors (Lipinski definition) is 4. The van der Waals surface area contributed by atoms with Crippen molar-refractivity contribution in [2.45, 2.75) is 135 Å². The maximum atomic E-state index is 14.8. The summed E-state index contributed by atoms with van der Waals surface area (Å²) >= 11 is 12.9. The normalized spacial score (nSPS) is 18.4. The largest absolute Gasteiger partial charge is 0.437 e. The van der Waals surface area contributed by atoms with E-state index < -0.39 is 33.2 Å². The molecule has 0 saturated carbocycles. The van der Waals surface area contributed by atoms with E-state index in [1.54, 1.807) is 94.4 Å². The Morgan fingerprint density at radius 1 is 0.457 bits per heavy atom. The predicted molar refractivity (Wildman–Crippen MR) is 445 cm³/mol. The van der Waals surface area contributed by atoms with Crippen molar-refractivity contribution in [1.82, 2.24) is 82.9 Å². The Labute approximate surface area is 688 Å². The van der Waals surface area contributed by atoms with E-state index in [2.05, 4.69) is 54.3 Å². The van der Waals surface area contributed by atoms with Crippen LogP contribution in [0.1, 0.15) is 92.8 Å². The van der Waals surface area contributed by atoms with Crippen LogP contribution in [0, 0.1) is 17.5 Å². The molecule has 3 amide bonds. The van der Waals surface area contributed by atoms with Gasteiger partial charge in [0, 0.05) is 177 Å². The highest BCUT2D eigenvalue weighted by Crippen LogP contribution is 2.42. The van der Waals surface area contributed by atoms with Crippen molar-refractivity contribution in [3.05, 3.63) is 291 Å². The van der Waals surface area contributed by atoms with Gasteiger partial charge < -0.3 is 63.2 Å². The average molecular weight is 1620 g/mol. The van der Waals surface area contributed by atoms with Crippen molar-refractivity contribution in [3.63, 3.8) is 0 Å². The molecular weight excluding hydrogens is 1520 g/mol. The summed E-state index contributed by atoms with van der Waals surface area (Å²) < 4.78 is 46.7. The smallest absolute Gasteiger partial charge is 0.376 e. The summed E-state index contributed by atoms with van der Waals surface area (Å²) in [5.74, 6) is -0.958. The molecule has 0 bridgehead atoms. The van der Waals surface area contributed by atoms with Gasteiger partial charge in [0.05, 0.1) is 48.5 Å². The van der Waals surface area contributed by atoms with Crippen LogP contribution in [0.5, 0.6) is 0 Å². The molecular formula is C85H101B3Cl2F3N17O6. The molecule has 4 N–H and O–H groups in total. The van der Waals surface area contributed by atoms with E-state index in [0.717, 1.165) is 126 Å². The van der Waals surface area contributed by atoms with Gasteiger partial charge in [0.1, 0.15) is 29.5 Å². The van der Waals surface area contributed by atoms with Crippen molar-refractivity contribution in [2.75, 3.05) is 78.5 Å². The number of imidazole rings is 3. The Balaban J connectivity index is 0.000000156. The number of carbonyl (C=O) groups is 3. The van der Waals surface area contributed by atoms with E-state index in [9.17, 15) is 42.6 Å². The van der Waals surface area contributed by atoms with Crippen LogP contribution in [0.15, 0.2) is 202 Å². The number of aromatic nitrogens is 8. The molecule has 606 valence electrons. The van der Waals surface area contributed by atoms with Gasteiger partial charge in [0.15, 0.2) is 0 Å². The zero-order valence-electron chi connectivity index (χ0n) is 66.0. The van der Waals surface area contributed by atoms with Crippen LogP contribution >= 0.6 is 23.2 Å². The number of carbonyl (C=O) groups excluding carboxylic acids is 3. The molecule has 5 aliphatic rings. The second kappa shape index (κ2) is 40.7. The highest BCUT2D eigenvalue weighted by molar-refractivity contribution is 6.46. The topological polar surface area (TPSA) is 229 Å². The summed E-state index contributed by atoms with van der Waals surface area (Å²) in [6.45, 7) is 15.1. The number of benzene rings is 5. The summed E-state index contributed by atoms with van der Waals surface area (Å²) in [6.07, 6.45) is 25.5. The standard InChI is InChI=1S/2C33H37BClFN6O2.C19H27BFN5O2/c2*1-34(44)41-18-19-42(32-29-12-9-27(35)20-26(29)8-7-25-4-2-13-38-31(25)32)30(22-41)33(43)40(16-3-15-39-17-14-37-23-39)21-24-5-10-28(36)11-6-24;1-20(28)26-12-8-23-18(14-26)19(27)25(10-2-9-24-11-7-22-15-24)13-16-3-5-17(21)6-4-16/h2*2,4-6,9-14,17,20,23,30,32,44H,3,7-8,15-16,18-19,21-22H2,1H3;3-7,11,15,18,23,28H,2,8-10,12-14H2,1H3/t30-,32+;30-,32-;18-/m111/s1. The SMILES string of the molecule is CB(O)N1CCN([C@@H]2c3ccc(Cl)cc3CCc3cccnc32)[C@@H](C(=O)N(CCCn2ccnc2)Cc2ccc(F)cc2)C1.CB(O)N1CCN([C@H]2c3ccc(Cl)cc3CCc3cccnc32)[C@@H](C(=O)N(CCCn2ccnc2)Cc2ccc(F)cc2)C1.CB(O)N1CCN[C@@H](C(=O)N(CCCn2ccnc2)Cc2ccc(F)cc2)C1. The van der Waals surface area contributed by atoms with Crippen molar-refractivity contribution in [3.8, 4) is 0 Å². The fraction of sp³-hybridized carbons (Fsp3) is 0.388. The van der Waals surface area contributed by atoms with E-state index >= 15 is 0 Å². The first kappa shape index (κ1) is 84.6. The number of aryl methyl sites for hydroxylation is 7. The fourth-order valence-electron chi connectivity index (χ4n) is 16.6. The minimum Gasteiger partial charge on any atom is -0.437 e. The summed E-state index contributed by atoms with van der Waals surface area (Å²) in [6, 6.07) is 37.2. The molecule has 8 heterocycles. The minimum absolute atomic E-state index is 0.000283. The third-order valence-corrected chi connectivity index (χ3v) is 23.2. The Morgan fingerprint density at radius 3 is 1.18 bits per heavy atom. The number of rotatable bonds is 26. The lowest BCUT2D eigenvalue weighted by atomic mass is 9.82. The van der Waals surface area contributed by atoms with Gasteiger partial charge in [-0.25, -0.2) is 28.1 Å². The number of halogens is 5. The molecule has 3 saturated heterocycles. The van der Waals surface area contributed by atoms with Gasteiger partial charge in [-0.1, -0.05) is 83.9 Å². The van der Waals surface area contributed by atoms with Gasteiger partial charge in [-0.15, -0.1) is 0 Å². The zero-order valence-corrected chi connectivity index (χ0v) is 67.5. The number of piperazine rings is 3. The third-order valence-electron chi connectivity index (χ3n) is 22.7. The molecule has 116 heavy (non-hydrogen) atoms. The predicted octanol–water partition coefficient (Wildman–Crippen LogP) is 9.77. The Hall–Kier alpha value is -9.36. The van der Waals surface area contributed by atoms with E-state index in [1.165, 1.54) is 36.4 Å². The van der Waals surface area contributed by atoms with Gasteiger partial charge in [-0.2, -0.15) is 0 Å². The van der Waals surface area contributed by atoms with Gasteiger partial charge in [-0.05, 0) is 188 Å². The van der Waals surface area contributed by atoms with Crippen molar-refractivity contribution < 1.29 is 42.6 Å². The van der Waals surface area contributed by atoms with Crippen LogP contribution in [0.25, 0.3) is 0 Å². The molecule has 0 radical (unpaired) electrons. The molecule has 2 aliphatic carbocycles. The Bertz CT molecular complexity index is 4570. The lowest BCUT2D eigenvalue weighted by molar-refractivity contribution is -0.141. The third kappa shape index (κ3) is 22.1. The maximum absolute atomic E-state index is 14.8. The van der Waals surface area contributed by atoms with Crippen LogP contribution in [0.4, 0.5) is 13.2 Å². The Kier molecular flexibility index (Phi) is 29.6. The van der Waals surface area contributed by atoms with Crippen LogP contribution in [0.3, 0.4) is 0 Å². The molecule has 31 heteroatoms. The van der Waals surface area contributed by atoms with Crippen LogP contribution in [-0.2, 0) is 79.3 Å². The van der Waals surface area contributed by atoms with Gasteiger partial charge >= 0.3 is 21.2 Å². The molecule has 5 aromatic carbocycles. The van der Waals surface area contributed by atoms with Crippen molar-refractivity contribution in [1.29, 1.82) is 0 Å². The summed E-state index contributed by atoms with van der Waals surface area (Å²) in [5.41, 5.74) is 11.4. The van der Waals surface area contributed by atoms with Crippen LogP contribution in [0.2, 0.25) is 30.5 Å². The van der Waals surface area contributed by atoms with Gasteiger partial charge in [0.25, 0.3) is 0 Å². The number of nitrogens with zero attached hydrogens (tertiary/aromatic N) is 16. The van der Waals surface area contributed by atoms with E-state index in [1.807, 2.05) is 110 Å². The number of amides is 3. The molecule has 15 rings (SSSR count). The van der Waals surface area contributed by atoms with E-state index in [0.29, 0.717) is 108 Å². The molecule has 3 aliphatic heterocycles. The van der Waals surface area contributed by atoms with Crippen molar-refractivity contribution in [2.24, 2.45) is 0 Å². The quantitative estimate of drug-likeness (QED) is 0.0370. The first-order valence-corrected chi connectivity index (χ1v) is 40.9. The zero-order chi connectivity index (χ0) is 81.2. The number of nitrogens with one attached hydrogen (secondary N) is 1. The van der Waals surface area contributed by atoms with Crippen LogP contribution in [-0.4, -0.2) is 228 Å². The second-order valence-electron chi connectivity index (χ2n) is 30.6. The maximum Gasteiger partial charge on any atom is 0.376 e. The summed E-state index contributed by atoms with van der Waals surface area (Å²) in [7, 11) is -1.96. The molecule has 3 fully saturated rings. The lowest BCUT2D eigenvalue weighted by Gasteiger charge is -2.46. The first-order valence-electron chi connectivity index (χ1n) is 40.2. The molecule has 23 nitrogen and oxygen atoms in total. The van der Waals surface area contributed by atoms with Crippen LogP contribution < -0.4 is 5.32 Å². The molecule has 5 atom stereocenters. The number of pyridine rings is 2.